The molecule has 30 heavy (non-hydrogen) atoms. The third kappa shape index (κ3) is 5.02. The van der Waals surface area contributed by atoms with Crippen LogP contribution in [0.4, 0.5) is 4.39 Å². The summed E-state index contributed by atoms with van der Waals surface area (Å²) in [6.07, 6.45) is 0. The Morgan fingerprint density at radius 3 is 2.63 bits per heavy atom. The van der Waals surface area contributed by atoms with Gasteiger partial charge in [0, 0.05) is 17.5 Å². The van der Waals surface area contributed by atoms with Gasteiger partial charge in [0.05, 0.1) is 5.69 Å². The number of hydrogen-bond acceptors (Lipinski definition) is 4. The van der Waals surface area contributed by atoms with E-state index >= 15 is 0 Å². The van der Waals surface area contributed by atoms with Gasteiger partial charge < -0.3 is 20.7 Å². The van der Waals surface area contributed by atoms with Gasteiger partial charge in [0.25, 0.3) is 0 Å². The predicted molar refractivity (Wildman–Crippen MR) is 111 cm³/mol. The van der Waals surface area contributed by atoms with E-state index in [-0.39, 0.29) is 24.2 Å². The van der Waals surface area contributed by atoms with Crippen LogP contribution < -0.4 is 11.1 Å². The zero-order chi connectivity index (χ0) is 21.7. The smallest absolute Gasteiger partial charge is 0.325 e. The molecule has 0 spiro atoms. The number of benzene rings is 2. The maximum absolute atomic E-state index is 14.7. The molecule has 156 valence electrons. The molecule has 7 nitrogen and oxygen atoms in total. The van der Waals surface area contributed by atoms with E-state index in [4.69, 9.17) is 15.4 Å². The van der Waals surface area contributed by atoms with Crippen LogP contribution in [-0.4, -0.2) is 28.2 Å². The van der Waals surface area contributed by atoms with Crippen molar-refractivity contribution in [1.29, 1.82) is 0 Å². The number of aliphatic carboxylic acids is 1. The van der Waals surface area contributed by atoms with Crippen LogP contribution in [0.15, 0.2) is 64.1 Å². The summed E-state index contributed by atoms with van der Waals surface area (Å²) in [5.41, 5.74) is 8.44. The molecule has 3 aromatic rings. The molecule has 0 saturated carbocycles. The van der Waals surface area contributed by atoms with E-state index in [1.807, 2.05) is 43.3 Å². The molecule has 0 amide bonds. The number of hydrogen-bond donors (Lipinski definition) is 3. The number of nitrogens with two attached hydrogens (primary N) is 1. The number of carboxylic acid groups (broad SMARTS) is 1. The second kappa shape index (κ2) is 9.21. The molecule has 0 radical (unpaired) electrons. The Hall–Kier alpha value is -3.68. The average Bonchev–Trinajstić information content (AvgIpc) is 3.21. The monoisotopic (exact) mass is 410 g/mol. The van der Waals surface area contributed by atoms with E-state index < -0.39 is 12.0 Å². The first-order chi connectivity index (χ1) is 14.3. The number of aromatic nitrogens is 1. The van der Waals surface area contributed by atoms with Crippen molar-refractivity contribution in [2.75, 3.05) is 0 Å². The largest absolute Gasteiger partial charge is 0.480 e. The summed E-state index contributed by atoms with van der Waals surface area (Å²) in [5, 5.41) is 15.5. The first-order valence-corrected chi connectivity index (χ1v) is 9.44. The van der Waals surface area contributed by atoms with E-state index in [0.29, 0.717) is 17.0 Å². The number of aliphatic imine (C=N–C) groups is 1. The molecular formula is C22H23FN4O3. The first-order valence-electron chi connectivity index (χ1n) is 9.44. The molecule has 2 aromatic carbocycles. The molecule has 2 unspecified atom stereocenters. The predicted octanol–water partition coefficient (Wildman–Crippen LogP) is 3.51. The first kappa shape index (κ1) is 21.0. The Morgan fingerprint density at radius 2 is 1.97 bits per heavy atom. The van der Waals surface area contributed by atoms with Gasteiger partial charge in [-0.3, -0.25) is 4.79 Å². The fourth-order valence-electron chi connectivity index (χ4n) is 2.92. The summed E-state index contributed by atoms with van der Waals surface area (Å²) in [7, 11) is 0. The second-order valence-corrected chi connectivity index (χ2v) is 6.95. The molecular weight excluding hydrogens is 387 g/mol. The van der Waals surface area contributed by atoms with Crippen LogP contribution in [0.2, 0.25) is 0 Å². The van der Waals surface area contributed by atoms with Crippen molar-refractivity contribution >= 4 is 11.9 Å². The van der Waals surface area contributed by atoms with Crippen molar-refractivity contribution in [2.24, 2.45) is 10.7 Å². The van der Waals surface area contributed by atoms with Crippen molar-refractivity contribution < 1.29 is 18.8 Å². The number of carboxylic acids is 1. The van der Waals surface area contributed by atoms with Gasteiger partial charge in [-0.25, -0.2) is 9.38 Å². The van der Waals surface area contributed by atoms with Crippen LogP contribution >= 0.6 is 0 Å². The Morgan fingerprint density at radius 1 is 1.23 bits per heavy atom. The summed E-state index contributed by atoms with van der Waals surface area (Å²) in [4.78, 5) is 14.9. The number of carbonyl (C=O) groups is 1. The van der Waals surface area contributed by atoms with Gasteiger partial charge in [-0.1, -0.05) is 54.5 Å². The topological polar surface area (TPSA) is 114 Å². The highest BCUT2D eigenvalue weighted by Gasteiger charge is 2.16. The lowest BCUT2D eigenvalue weighted by molar-refractivity contribution is -0.138. The molecule has 0 aliphatic heterocycles. The maximum atomic E-state index is 14.7. The zero-order valence-corrected chi connectivity index (χ0v) is 16.7. The van der Waals surface area contributed by atoms with Crippen LogP contribution in [0, 0.1) is 5.82 Å². The normalized spacial score (nSPS) is 13.6. The lowest BCUT2D eigenvalue weighted by Gasteiger charge is -2.11. The summed E-state index contributed by atoms with van der Waals surface area (Å²) in [6, 6.07) is 15.4. The standard InChI is InChI=1S/C22H23FN4O3/c1-13(16-8-9-18(19(23)10-16)15-6-4-3-5-7-15)20-11-17(30-27-20)12-25-22(24)26-14(2)21(28)29/h3-11,13-14H,12H2,1-2H3,(H,28,29)(H3,24,25,26). The van der Waals surface area contributed by atoms with Gasteiger partial charge in [0.2, 0.25) is 0 Å². The van der Waals surface area contributed by atoms with Crippen LogP contribution in [0.5, 0.6) is 0 Å². The van der Waals surface area contributed by atoms with Gasteiger partial charge in [-0.15, -0.1) is 0 Å². The third-order valence-electron chi connectivity index (χ3n) is 4.74. The van der Waals surface area contributed by atoms with Crippen LogP contribution in [-0.2, 0) is 11.3 Å². The highest BCUT2D eigenvalue weighted by Crippen LogP contribution is 2.29. The number of rotatable bonds is 7. The highest BCUT2D eigenvalue weighted by atomic mass is 19.1. The molecule has 4 N–H and O–H groups in total. The fraction of sp³-hybridized carbons (Fsp3) is 0.227. The number of guanidine groups is 1. The number of nitrogens with zero attached hydrogens (tertiary/aromatic N) is 2. The third-order valence-corrected chi connectivity index (χ3v) is 4.74. The van der Waals surface area contributed by atoms with Gasteiger partial charge in [0.15, 0.2) is 11.7 Å². The Kier molecular flexibility index (Phi) is 6.46. The second-order valence-electron chi connectivity index (χ2n) is 6.95. The minimum atomic E-state index is -1.03. The van der Waals surface area contributed by atoms with Gasteiger partial charge in [-0.2, -0.15) is 0 Å². The van der Waals surface area contributed by atoms with Crippen LogP contribution in [0.25, 0.3) is 11.1 Å². The summed E-state index contributed by atoms with van der Waals surface area (Å²) in [6.45, 7) is 3.47. The maximum Gasteiger partial charge on any atom is 0.325 e. The summed E-state index contributed by atoms with van der Waals surface area (Å²) in [5.74, 6) is -1.06. The van der Waals surface area contributed by atoms with Gasteiger partial charge in [-0.05, 0) is 24.1 Å². The van der Waals surface area contributed by atoms with E-state index in [1.165, 1.54) is 13.0 Å². The van der Waals surface area contributed by atoms with Gasteiger partial charge >= 0.3 is 5.97 Å². The van der Waals surface area contributed by atoms with Gasteiger partial charge in [0.1, 0.15) is 18.4 Å². The van der Waals surface area contributed by atoms with E-state index in [0.717, 1.165) is 11.1 Å². The Balaban J connectivity index is 1.69. The molecule has 0 saturated heterocycles. The van der Waals surface area contributed by atoms with Crippen molar-refractivity contribution in [2.45, 2.75) is 32.4 Å². The van der Waals surface area contributed by atoms with Crippen molar-refractivity contribution in [3.05, 3.63) is 77.4 Å². The molecule has 0 aliphatic carbocycles. The van der Waals surface area contributed by atoms with Crippen molar-refractivity contribution in [1.82, 2.24) is 10.5 Å². The van der Waals surface area contributed by atoms with Crippen LogP contribution in [0.3, 0.4) is 0 Å². The lowest BCUT2D eigenvalue weighted by Crippen LogP contribution is -2.42. The lowest BCUT2D eigenvalue weighted by atomic mass is 9.94. The highest BCUT2D eigenvalue weighted by molar-refractivity contribution is 5.84. The Labute approximate surface area is 173 Å². The molecule has 8 heteroatoms. The molecule has 0 aliphatic rings. The van der Waals surface area contributed by atoms with E-state index in [9.17, 15) is 9.18 Å². The number of nitrogens with one attached hydrogen (secondary N) is 1. The quantitative estimate of drug-likeness (QED) is 0.406. The van der Waals surface area contributed by atoms with Crippen molar-refractivity contribution in [3.63, 3.8) is 0 Å². The number of halogens is 1. The van der Waals surface area contributed by atoms with E-state index in [2.05, 4.69) is 15.5 Å². The molecule has 1 heterocycles. The van der Waals surface area contributed by atoms with Crippen molar-refractivity contribution in [3.8, 4) is 11.1 Å². The molecule has 2 atom stereocenters. The summed E-state index contributed by atoms with van der Waals surface area (Å²) >= 11 is 0. The zero-order valence-electron chi connectivity index (χ0n) is 16.7. The van der Waals surface area contributed by atoms with Crippen LogP contribution in [0.1, 0.15) is 36.8 Å². The van der Waals surface area contributed by atoms with E-state index in [1.54, 1.807) is 12.1 Å². The minimum absolute atomic E-state index is 0.00512. The average molecular weight is 410 g/mol. The summed E-state index contributed by atoms with van der Waals surface area (Å²) < 4.78 is 19.9. The molecule has 0 fully saturated rings. The molecule has 3 rings (SSSR count). The fourth-order valence-corrected chi connectivity index (χ4v) is 2.92. The molecule has 0 bridgehead atoms. The minimum Gasteiger partial charge on any atom is -0.480 e. The Bertz CT molecular complexity index is 1050. The molecule has 1 aromatic heterocycles. The SMILES string of the molecule is CC(NC(N)=NCc1cc(C(C)c2ccc(-c3ccccc3)c(F)c2)no1)C(=O)O.